The number of fused-ring (bicyclic) bond motifs is 1. The maximum Gasteiger partial charge on any atom is 0.128 e. The van der Waals surface area contributed by atoms with Crippen LogP contribution in [0, 0.1) is 11.7 Å². The Kier molecular flexibility index (Phi) is 4.34. The molecule has 2 nitrogen and oxygen atoms in total. The molecule has 114 valence electrons. The highest BCUT2D eigenvalue weighted by molar-refractivity contribution is 6.04. The van der Waals surface area contributed by atoms with E-state index >= 15 is 0 Å². The van der Waals surface area contributed by atoms with Crippen molar-refractivity contribution in [3.8, 4) is 0 Å². The van der Waals surface area contributed by atoms with E-state index in [-0.39, 0.29) is 18.3 Å². The van der Waals surface area contributed by atoms with E-state index in [1.54, 1.807) is 6.07 Å². The van der Waals surface area contributed by atoms with E-state index in [0.29, 0.717) is 0 Å². The molecular weight excluding hydrogens is 277 g/mol. The molecule has 1 aromatic rings. The second-order valence-corrected chi connectivity index (χ2v) is 5.87. The lowest BCUT2D eigenvalue weighted by molar-refractivity contribution is 0.335. The van der Waals surface area contributed by atoms with Crippen LogP contribution in [0.15, 0.2) is 58.6 Å². The third-order valence-corrected chi connectivity index (χ3v) is 4.31. The summed E-state index contributed by atoms with van der Waals surface area (Å²) < 4.78 is 14.0. The molecule has 0 aromatic heterocycles. The van der Waals surface area contributed by atoms with Crippen molar-refractivity contribution < 1.29 is 9.50 Å². The minimum absolute atomic E-state index is 0.0381. The maximum absolute atomic E-state index is 14.0. The number of aliphatic hydroxyl groups excluding tert-OH is 1. The molecule has 22 heavy (non-hydrogen) atoms. The van der Waals surface area contributed by atoms with Crippen molar-refractivity contribution in [2.75, 3.05) is 6.61 Å². The Morgan fingerprint density at radius 3 is 3.00 bits per heavy atom. The molecule has 1 unspecified atom stereocenters. The monoisotopic (exact) mass is 297 g/mol. The fraction of sp³-hybridized carbons (Fsp3) is 0.316. The molecule has 0 amide bonds. The van der Waals surface area contributed by atoms with Crippen LogP contribution in [0.5, 0.6) is 0 Å². The lowest BCUT2D eigenvalue weighted by Gasteiger charge is -2.14. The van der Waals surface area contributed by atoms with Crippen molar-refractivity contribution >= 4 is 11.4 Å². The van der Waals surface area contributed by atoms with Gasteiger partial charge in [0.1, 0.15) is 5.82 Å². The van der Waals surface area contributed by atoms with Crippen LogP contribution in [-0.4, -0.2) is 17.4 Å². The molecule has 1 atom stereocenters. The highest BCUT2D eigenvalue weighted by Crippen LogP contribution is 2.32. The van der Waals surface area contributed by atoms with Gasteiger partial charge in [0.15, 0.2) is 0 Å². The van der Waals surface area contributed by atoms with E-state index in [1.165, 1.54) is 6.07 Å². The molecule has 0 fully saturated rings. The van der Waals surface area contributed by atoms with Crippen LogP contribution in [0.1, 0.15) is 25.3 Å². The van der Waals surface area contributed by atoms with E-state index in [4.69, 9.17) is 4.99 Å². The fourth-order valence-electron chi connectivity index (χ4n) is 2.99. The van der Waals surface area contributed by atoms with Crippen molar-refractivity contribution in [2.24, 2.45) is 10.9 Å². The summed E-state index contributed by atoms with van der Waals surface area (Å²) in [4.78, 5) is 4.78. The number of nitrogens with zero attached hydrogens (tertiary/aromatic N) is 1. The van der Waals surface area contributed by atoms with E-state index < -0.39 is 0 Å². The van der Waals surface area contributed by atoms with Crippen LogP contribution < -0.4 is 0 Å². The molecule has 3 heteroatoms. The molecule has 2 aliphatic rings. The SMILES string of the molecule is CC1CCc2c(F)cccc2N=C1C1=CC=C(CO)C=CC1. The lowest BCUT2D eigenvalue weighted by Crippen LogP contribution is -2.13. The average molecular weight is 297 g/mol. The molecule has 0 spiro atoms. The van der Waals surface area contributed by atoms with Gasteiger partial charge in [-0.2, -0.15) is 0 Å². The Morgan fingerprint density at radius 1 is 1.32 bits per heavy atom. The molecule has 0 saturated heterocycles. The van der Waals surface area contributed by atoms with Gasteiger partial charge >= 0.3 is 0 Å². The first-order valence-corrected chi connectivity index (χ1v) is 7.72. The number of hydrogen-bond donors (Lipinski definition) is 1. The zero-order valence-electron chi connectivity index (χ0n) is 12.7. The summed E-state index contributed by atoms with van der Waals surface area (Å²) in [5, 5.41) is 9.25. The molecule has 0 bridgehead atoms. The molecule has 1 aromatic carbocycles. The van der Waals surface area contributed by atoms with Crippen molar-refractivity contribution in [1.82, 2.24) is 0 Å². The molecule has 1 aliphatic heterocycles. The number of benzene rings is 1. The second-order valence-electron chi connectivity index (χ2n) is 5.87. The van der Waals surface area contributed by atoms with Gasteiger partial charge in [-0.25, -0.2) is 4.39 Å². The summed E-state index contributed by atoms with van der Waals surface area (Å²) in [6.45, 7) is 2.19. The largest absolute Gasteiger partial charge is 0.392 e. The predicted molar refractivity (Wildman–Crippen MR) is 88.0 cm³/mol. The van der Waals surface area contributed by atoms with Gasteiger partial charge in [-0.05, 0) is 48.5 Å². The summed E-state index contributed by atoms with van der Waals surface area (Å²) in [5.74, 6) is 0.127. The molecule has 0 radical (unpaired) electrons. The fourth-order valence-corrected chi connectivity index (χ4v) is 2.99. The highest BCUT2D eigenvalue weighted by Gasteiger charge is 2.21. The van der Waals surface area contributed by atoms with Crippen LogP contribution in [-0.2, 0) is 6.42 Å². The van der Waals surface area contributed by atoms with Crippen LogP contribution in [0.3, 0.4) is 0 Å². The van der Waals surface area contributed by atoms with Gasteiger partial charge in [0, 0.05) is 11.3 Å². The van der Waals surface area contributed by atoms with Crippen molar-refractivity contribution in [1.29, 1.82) is 0 Å². The number of allylic oxidation sites excluding steroid dienone is 4. The number of aliphatic hydroxyl groups is 1. The Bertz CT molecular complexity index is 697. The average Bonchev–Trinajstić information content (AvgIpc) is 2.85. The summed E-state index contributed by atoms with van der Waals surface area (Å²) in [6, 6.07) is 5.11. The van der Waals surface area contributed by atoms with Crippen LogP contribution in [0.25, 0.3) is 0 Å². The topological polar surface area (TPSA) is 32.6 Å². The Balaban J connectivity index is 2.03. The second kappa shape index (κ2) is 6.41. The summed E-state index contributed by atoms with van der Waals surface area (Å²) in [7, 11) is 0. The van der Waals surface area contributed by atoms with Gasteiger partial charge in [0.25, 0.3) is 0 Å². The van der Waals surface area contributed by atoms with Gasteiger partial charge in [0.05, 0.1) is 12.3 Å². The third kappa shape index (κ3) is 2.95. The van der Waals surface area contributed by atoms with Gasteiger partial charge in [-0.15, -0.1) is 0 Å². The van der Waals surface area contributed by atoms with Crippen molar-refractivity contribution in [2.45, 2.75) is 26.2 Å². The van der Waals surface area contributed by atoms with E-state index in [9.17, 15) is 9.50 Å². The minimum Gasteiger partial charge on any atom is -0.392 e. The number of aliphatic imine (C=N–C) groups is 1. The Hall–Kier alpha value is -2.00. The number of halogens is 1. The van der Waals surface area contributed by atoms with Gasteiger partial charge < -0.3 is 5.11 Å². The summed E-state index contributed by atoms with van der Waals surface area (Å²) in [6.07, 6.45) is 10.4. The van der Waals surface area contributed by atoms with Gasteiger partial charge in [-0.3, -0.25) is 4.99 Å². The molecule has 1 aliphatic carbocycles. The Morgan fingerprint density at radius 2 is 2.18 bits per heavy atom. The van der Waals surface area contributed by atoms with Crippen LogP contribution in [0.2, 0.25) is 0 Å². The normalized spacial score (nSPS) is 21.2. The van der Waals surface area contributed by atoms with Gasteiger partial charge in [0.2, 0.25) is 0 Å². The summed E-state index contributed by atoms with van der Waals surface area (Å²) >= 11 is 0. The molecule has 1 N–H and O–H groups in total. The van der Waals surface area contributed by atoms with Crippen molar-refractivity contribution in [3.63, 3.8) is 0 Å². The third-order valence-electron chi connectivity index (χ3n) is 4.31. The smallest absolute Gasteiger partial charge is 0.128 e. The quantitative estimate of drug-likeness (QED) is 0.868. The molecule has 3 rings (SSSR count). The predicted octanol–water partition coefficient (Wildman–Crippen LogP) is 4.29. The first kappa shape index (κ1) is 14.9. The van der Waals surface area contributed by atoms with E-state index in [2.05, 4.69) is 6.92 Å². The first-order valence-electron chi connectivity index (χ1n) is 7.72. The molecule has 0 saturated carbocycles. The van der Waals surface area contributed by atoms with Crippen LogP contribution in [0.4, 0.5) is 10.1 Å². The molecular formula is C19H20FNO. The number of hydrogen-bond acceptors (Lipinski definition) is 2. The first-order chi connectivity index (χ1) is 10.7. The minimum atomic E-state index is -0.160. The zero-order chi connectivity index (χ0) is 15.5. The van der Waals surface area contributed by atoms with Crippen molar-refractivity contribution in [3.05, 3.63) is 65.0 Å². The molecule has 1 heterocycles. The maximum atomic E-state index is 14.0. The Labute approximate surface area is 130 Å². The lowest BCUT2D eigenvalue weighted by atomic mass is 9.92. The zero-order valence-corrected chi connectivity index (χ0v) is 12.7. The van der Waals surface area contributed by atoms with Crippen LogP contribution >= 0.6 is 0 Å². The highest BCUT2D eigenvalue weighted by atomic mass is 19.1. The van der Waals surface area contributed by atoms with Gasteiger partial charge in [-0.1, -0.05) is 37.3 Å². The number of rotatable bonds is 2. The summed E-state index contributed by atoms with van der Waals surface area (Å²) in [5.41, 5.74) is 4.54. The van der Waals surface area contributed by atoms with E-state index in [0.717, 1.165) is 47.4 Å². The standard InChI is InChI=1S/C19H20FNO/c1-13-8-11-16-17(20)6-3-7-18(16)21-19(13)15-5-2-4-14(12-22)9-10-15/h2-4,6-7,9-10,13,22H,5,8,11-12H2,1H3. The van der Waals surface area contributed by atoms with E-state index in [1.807, 2.05) is 30.4 Å².